The number of halogens is 3. The number of nitrogens with zero attached hydrogens (tertiary/aromatic N) is 5. The van der Waals surface area contributed by atoms with Crippen molar-refractivity contribution < 1.29 is 18.0 Å². The number of fused-ring (bicyclic) bond motifs is 3. The first kappa shape index (κ1) is 18.3. The monoisotopic (exact) mass is 406 g/mol. The van der Waals surface area contributed by atoms with Gasteiger partial charge in [-0.05, 0) is 31.7 Å². The van der Waals surface area contributed by atoms with E-state index in [-0.39, 0.29) is 18.9 Å². The first-order valence-corrected chi connectivity index (χ1v) is 9.85. The van der Waals surface area contributed by atoms with E-state index in [1.54, 1.807) is 17.3 Å². The van der Waals surface area contributed by atoms with Crippen LogP contribution in [0.1, 0.15) is 37.3 Å². The number of imidazole rings is 1. The first-order chi connectivity index (χ1) is 13.9. The van der Waals surface area contributed by atoms with E-state index in [1.807, 2.05) is 16.7 Å². The molecule has 0 saturated carbocycles. The second-order valence-corrected chi connectivity index (χ2v) is 7.81. The minimum absolute atomic E-state index is 0.00939. The Balaban J connectivity index is 1.42. The topological polar surface area (TPSA) is 69.5 Å². The SMILES string of the molecule is O=C(N1CCCC(c2cnc3cnc4[nH]ccc4n23)C1)N1CCC[C@@H]1C(F)(F)F. The van der Waals surface area contributed by atoms with Crippen LogP contribution in [0.25, 0.3) is 16.8 Å². The maximum Gasteiger partial charge on any atom is 0.408 e. The Morgan fingerprint density at radius 2 is 1.97 bits per heavy atom. The number of nitrogens with one attached hydrogen (secondary N) is 1. The van der Waals surface area contributed by atoms with Crippen LogP contribution in [0, 0.1) is 0 Å². The largest absolute Gasteiger partial charge is 0.408 e. The van der Waals surface area contributed by atoms with Gasteiger partial charge in [-0.1, -0.05) is 0 Å². The van der Waals surface area contributed by atoms with Gasteiger partial charge in [-0.25, -0.2) is 14.8 Å². The lowest BCUT2D eigenvalue weighted by molar-refractivity contribution is -0.170. The van der Waals surface area contributed by atoms with Crippen LogP contribution in [0.4, 0.5) is 18.0 Å². The minimum atomic E-state index is -4.38. The lowest BCUT2D eigenvalue weighted by Crippen LogP contribution is -2.52. The maximum absolute atomic E-state index is 13.3. The molecule has 0 aliphatic carbocycles. The number of hydrogen-bond acceptors (Lipinski definition) is 3. The van der Waals surface area contributed by atoms with Gasteiger partial charge >= 0.3 is 12.2 Å². The number of carbonyl (C=O) groups is 1. The number of likely N-dealkylation sites (tertiary alicyclic amines) is 2. The Kier molecular flexibility index (Phi) is 4.18. The molecule has 5 rings (SSSR count). The maximum atomic E-state index is 13.3. The molecule has 2 saturated heterocycles. The van der Waals surface area contributed by atoms with E-state index >= 15 is 0 Å². The molecular formula is C19H21F3N6O. The highest BCUT2D eigenvalue weighted by Gasteiger charge is 2.48. The lowest BCUT2D eigenvalue weighted by atomic mass is 9.95. The fourth-order valence-corrected chi connectivity index (χ4v) is 4.69. The van der Waals surface area contributed by atoms with Crippen molar-refractivity contribution in [3.8, 4) is 0 Å². The minimum Gasteiger partial charge on any atom is -0.345 e. The summed E-state index contributed by atoms with van der Waals surface area (Å²) in [6.45, 7) is 1.03. The Bertz CT molecular complexity index is 1060. The van der Waals surface area contributed by atoms with E-state index in [2.05, 4.69) is 15.0 Å². The van der Waals surface area contributed by atoms with Gasteiger partial charge in [0, 0.05) is 43.6 Å². The van der Waals surface area contributed by atoms with Gasteiger partial charge < -0.3 is 14.8 Å². The van der Waals surface area contributed by atoms with E-state index in [0.717, 1.165) is 34.6 Å². The number of amides is 2. The molecule has 5 heterocycles. The number of aromatic amines is 1. The fraction of sp³-hybridized carbons (Fsp3) is 0.526. The Morgan fingerprint density at radius 3 is 2.79 bits per heavy atom. The molecule has 29 heavy (non-hydrogen) atoms. The van der Waals surface area contributed by atoms with Crippen molar-refractivity contribution >= 4 is 22.8 Å². The van der Waals surface area contributed by atoms with Crippen LogP contribution < -0.4 is 0 Å². The number of H-pyrrole nitrogens is 1. The van der Waals surface area contributed by atoms with Crippen LogP contribution in [0.2, 0.25) is 0 Å². The molecule has 0 spiro atoms. The molecule has 7 nitrogen and oxygen atoms in total. The lowest BCUT2D eigenvalue weighted by Gasteiger charge is -2.37. The molecule has 1 unspecified atom stereocenters. The molecule has 2 fully saturated rings. The summed E-state index contributed by atoms with van der Waals surface area (Å²) in [6.07, 6.45) is 2.88. The summed E-state index contributed by atoms with van der Waals surface area (Å²) < 4.78 is 41.9. The van der Waals surface area contributed by atoms with Gasteiger partial charge in [0.1, 0.15) is 6.04 Å². The summed E-state index contributed by atoms with van der Waals surface area (Å²) in [7, 11) is 0. The third kappa shape index (κ3) is 3.01. The number of alkyl halides is 3. The van der Waals surface area contributed by atoms with Crippen molar-refractivity contribution in [2.75, 3.05) is 19.6 Å². The first-order valence-electron chi connectivity index (χ1n) is 9.85. The highest BCUT2D eigenvalue weighted by Crippen LogP contribution is 2.35. The summed E-state index contributed by atoms with van der Waals surface area (Å²) in [5, 5.41) is 0. The molecule has 2 aliphatic rings. The van der Waals surface area contributed by atoms with Crippen LogP contribution in [-0.2, 0) is 0 Å². The smallest absolute Gasteiger partial charge is 0.345 e. The van der Waals surface area contributed by atoms with Crippen LogP contribution in [0.15, 0.2) is 24.7 Å². The second kappa shape index (κ2) is 6.64. The standard InChI is InChI=1S/C19H21F3N6O/c20-19(21,22)15-4-2-8-27(15)18(29)26-7-1-3-12(11-26)14-9-24-16-10-25-17-13(28(14)16)5-6-23-17/h5-6,9-10,12,15,23H,1-4,7-8,11H2/t12?,15-/m1/s1. The van der Waals surface area contributed by atoms with Gasteiger partial charge in [0.2, 0.25) is 0 Å². The average molecular weight is 406 g/mol. The number of urea groups is 1. The van der Waals surface area contributed by atoms with Crippen molar-refractivity contribution in [1.82, 2.24) is 29.2 Å². The average Bonchev–Trinajstić information content (AvgIpc) is 3.44. The Hall–Kier alpha value is -2.78. The van der Waals surface area contributed by atoms with E-state index in [0.29, 0.717) is 25.2 Å². The molecule has 2 amide bonds. The predicted octanol–water partition coefficient (Wildman–Crippen LogP) is 3.54. The number of hydrogen-bond donors (Lipinski definition) is 1. The molecule has 2 atom stereocenters. The van der Waals surface area contributed by atoms with E-state index in [4.69, 9.17) is 0 Å². The van der Waals surface area contributed by atoms with Crippen LogP contribution >= 0.6 is 0 Å². The molecule has 0 radical (unpaired) electrons. The zero-order valence-electron chi connectivity index (χ0n) is 15.7. The highest BCUT2D eigenvalue weighted by molar-refractivity contribution is 5.76. The Morgan fingerprint density at radius 1 is 1.14 bits per heavy atom. The summed E-state index contributed by atoms with van der Waals surface area (Å²) in [6, 6.07) is -0.252. The van der Waals surface area contributed by atoms with Crippen molar-refractivity contribution in [3.63, 3.8) is 0 Å². The third-order valence-corrected chi connectivity index (χ3v) is 6.06. The molecule has 1 N–H and O–H groups in total. The Labute approximate surface area is 164 Å². The van der Waals surface area contributed by atoms with E-state index in [9.17, 15) is 18.0 Å². The normalized spacial score (nSPS) is 23.4. The van der Waals surface area contributed by atoms with Crippen molar-refractivity contribution in [1.29, 1.82) is 0 Å². The molecule has 10 heteroatoms. The van der Waals surface area contributed by atoms with Gasteiger partial charge in [0.25, 0.3) is 0 Å². The molecule has 0 aromatic carbocycles. The quantitative estimate of drug-likeness (QED) is 0.672. The van der Waals surface area contributed by atoms with Crippen molar-refractivity contribution in [3.05, 3.63) is 30.4 Å². The highest BCUT2D eigenvalue weighted by atomic mass is 19.4. The second-order valence-electron chi connectivity index (χ2n) is 7.81. The number of piperidine rings is 1. The summed E-state index contributed by atoms with van der Waals surface area (Å²) in [5.74, 6) is 0.00939. The van der Waals surface area contributed by atoms with Crippen LogP contribution in [0.3, 0.4) is 0 Å². The number of aromatic nitrogens is 4. The number of rotatable bonds is 1. The zero-order valence-corrected chi connectivity index (χ0v) is 15.7. The van der Waals surface area contributed by atoms with E-state index in [1.165, 1.54) is 0 Å². The van der Waals surface area contributed by atoms with Crippen LogP contribution in [-0.4, -0.2) is 67.0 Å². The molecule has 0 bridgehead atoms. The summed E-state index contributed by atoms with van der Waals surface area (Å²) in [4.78, 5) is 27.4. The zero-order chi connectivity index (χ0) is 20.2. The van der Waals surface area contributed by atoms with Gasteiger partial charge in [0.15, 0.2) is 11.3 Å². The molecule has 3 aromatic rings. The van der Waals surface area contributed by atoms with Crippen molar-refractivity contribution in [2.24, 2.45) is 0 Å². The number of carbonyl (C=O) groups excluding carboxylic acids is 1. The van der Waals surface area contributed by atoms with Gasteiger partial charge in [-0.2, -0.15) is 13.2 Å². The van der Waals surface area contributed by atoms with Crippen LogP contribution in [0.5, 0.6) is 0 Å². The van der Waals surface area contributed by atoms with Crippen molar-refractivity contribution in [2.45, 2.75) is 43.8 Å². The fourth-order valence-electron chi connectivity index (χ4n) is 4.69. The molecule has 2 aliphatic heterocycles. The third-order valence-electron chi connectivity index (χ3n) is 6.06. The predicted molar refractivity (Wildman–Crippen MR) is 99.6 cm³/mol. The molecule has 3 aromatic heterocycles. The van der Waals surface area contributed by atoms with Gasteiger partial charge in [0.05, 0.1) is 11.7 Å². The van der Waals surface area contributed by atoms with E-state index < -0.39 is 18.2 Å². The molecule has 154 valence electrons. The van der Waals surface area contributed by atoms with Gasteiger partial charge in [-0.3, -0.25) is 4.40 Å². The molecular weight excluding hydrogens is 385 g/mol. The summed E-state index contributed by atoms with van der Waals surface area (Å²) >= 11 is 0. The van der Waals surface area contributed by atoms with Gasteiger partial charge in [-0.15, -0.1) is 0 Å². The summed E-state index contributed by atoms with van der Waals surface area (Å²) in [5.41, 5.74) is 3.31.